The van der Waals surface area contributed by atoms with Gasteiger partial charge in [-0.3, -0.25) is 9.48 Å². The first kappa shape index (κ1) is 23.3. The van der Waals surface area contributed by atoms with E-state index in [0.717, 1.165) is 57.8 Å². The maximum atomic E-state index is 12.7. The van der Waals surface area contributed by atoms with E-state index in [1.54, 1.807) is 23.0 Å². The number of carbonyl (C=O) groups is 1. The van der Waals surface area contributed by atoms with E-state index in [0.29, 0.717) is 11.5 Å². The smallest absolute Gasteiger partial charge is 0.254 e. The minimum absolute atomic E-state index is 0.0133. The molecule has 0 radical (unpaired) electrons. The predicted octanol–water partition coefficient (Wildman–Crippen LogP) is 3.59. The number of nitriles is 1. The van der Waals surface area contributed by atoms with Crippen molar-refractivity contribution in [2.24, 2.45) is 11.7 Å². The minimum atomic E-state index is -3.59. The monoisotopic (exact) mass is 470 g/mol. The van der Waals surface area contributed by atoms with E-state index in [1.165, 1.54) is 12.1 Å². The number of rotatable bonds is 7. The number of carbonyl (C=O) groups excluding carboxylic acids is 1. The number of amides is 1. The zero-order valence-corrected chi connectivity index (χ0v) is 19.4. The van der Waals surface area contributed by atoms with Crippen molar-refractivity contribution in [1.82, 2.24) is 14.5 Å². The molecular weight excluding hydrogens is 440 g/mol. The largest absolute Gasteiger partial charge is 0.365 e. The molecule has 176 valence electrons. The van der Waals surface area contributed by atoms with Crippen LogP contribution in [0.3, 0.4) is 0 Å². The Balaban J connectivity index is 1.51. The van der Waals surface area contributed by atoms with E-state index in [4.69, 9.17) is 5.73 Å². The van der Waals surface area contributed by atoms with Gasteiger partial charge in [-0.25, -0.2) is 13.1 Å². The molecule has 1 heterocycles. The molecule has 4 N–H and O–H groups in total. The highest BCUT2D eigenvalue weighted by atomic mass is 32.2. The number of primary amides is 1. The summed E-state index contributed by atoms with van der Waals surface area (Å²) in [6, 6.07) is 8.57. The Kier molecular flexibility index (Phi) is 7.00. The van der Waals surface area contributed by atoms with E-state index in [-0.39, 0.29) is 28.5 Å². The number of hydrogen-bond acceptors (Lipinski definition) is 6. The van der Waals surface area contributed by atoms with Gasteiger partial charge in [-0.2, -0.15) is 10.4 Å². The fourth-order valence-electron chi connectivity index (χ4n) is 4.77. The van der Waals surface area contributed by atoms with Crippen molar-refractivity contribution in [2.45, 2.75) is 74.8 Å². The summed E-state index contributed by atoms with van der Waals surface area (Å²) < 4.78 is 29.9. The van der Waals surface area contributed by atoms with E-state index < -0.39 is 15.9 Å². The number of anilines is 2. The fourth-order valence-corrected chi connectivity index (χ4v) is 6.08. The van der Waals surface area contributed by atoms with Crippen LogP contribution in [0.5, 0.6) is 0 Å². The molecule has 1 amide bonds. The first-order valence-electron chi connectivity index (χ1n) is 11.6. The quantitative estimate of drug-likeness (QED) is 0.564. The number of nitrogens with one attached hydrogen (secondary N) is 2. The summed E-state index contributed by atoms with van der Waals surface area (Å²) in [6.45, 7) is 0. The lowest BCUT2D eigenvalue weighted by Gasteiger charge is -2.26. The van der Waals surface area contributed by atoms with Crippen molar-refractivity contribution in [3.8, 4) is 6.07 Å². The van der Waals surface area contributed by atoms with Crippen molar-refractivity contribution >= 4 is 27.4 Å². The van der Waals surface area contributed by atoms with Crippen LogP contribution in [-0.2, 0) is 10.0 Å². The molecule has 1 aromatic carbocycles. The molecule has 0 spiro atoms. The first-order chi connectivity index (χ1) is 15.9. The molecule has 9 nitrogen and oxygen atoms in total. The third kappa shape index (κ3) is 5.37. The van der Waals surface area contributed by atoms with Gasteiger partial charge in [0.25, 0.3) is 5.91 Å². The third-order valence-corrected chi connectivity index (χ3v) is 8.12. The molecule has 33 heavy (non-hydrogen) atoms. The van der Waals surface area contributed by atoms with Gasteiger partial charge in [0.2, 0.25) is 10.0 Å². The van der Waals surface area contributed by atoms with Gasteiger partial charge in [0.1, 0.15) is 5.56 Å². The molecule has 2 saturated carbocycles. The fraction of sp³-hybridized carbons (Fsp3) is 0.522. The summed E-state index contributed by atoms with van der Waals surface area (Å²) in [5.41, 5.74) is 6.38. The molecule has 0 bridgehead atoms. The third-order valence-electron chi connectivity index (χ3n) is 6.59. The Morgan fingerprint density at radius 1 is 1.06 bits per heavy atom. The van der Waals surface area contributed by atoms with Crippen LogP contribution in [-0.4, -0.2) is 30.1 Å². The number of hydrogen-bond donors (Lipinski definition) is 3. The second kappa shape index (κ2) is 9.93. The van der Waals surface area contributed by atoms with Crippen LogP contribution in [0.2, 0.25) is 0 Å². The number of nitrogens with two attached hydrogens (primary N) is 1. The van der Waals surface area contributed by atoms with Crippen molar-refractivity contribution in [1.29, 1.82) is 5.26 Å². The normalized spacial score (nSPS) is 21.9. The Hall–Kier alpha value is -2.90. The van der Waals surface area contributed by atoms with Gasteiger partial charge in [-0.15, -0.1) is 0 Å². The molecule has 2 fully saturated rings. The molecule has 0 saturated heterocycles. The Labute approximate surface area is 194 Å². The zero-order chi connectivity index (χ0) is 23.4. The maximum absolute atomic E-state index is 12.7. The van der Waals surface area contributed by atoms with Crippen LogP contribution < -0.4 is 15.8 Å². The van der Waals surface area contributed by atoms with Crippen molar-refractivity contribution in [3.05, 3.63) is 36.0 Å². The van der Waals surface area contributed by atoms with Crippen LogP contribution >= 0.6 is 0 Å². The standard InChI is InChI=1S/C23H30N6O3S/c24-14-16-6-4-5-9-21(16)29-15-20(22(25)30)23(27-29)26-17-10-12-19(13-11-17)33(31,32)28-18-7-2-1-3-8-18/h10-13,15-16,18,21,28H,1-9H2,(H2,25,30)(H,26,27). The molecule has 1 aromatic heterocycles. The van der Waals surface area contributed by atoms with Gasteiger partial charge in [0.05, 0.1) is 22.9 Å². The van der Waals surface area contributed by atoms with Crippen LogP contribution in [0.4, 0.5) is 11.5 Å². The minimum Gasteiger partial charge on any atom is -0.365 e. The summed E-state index contributed by atoms with van der Waals surface area (Å²) in [5.74, 6) is -0.488. The molecule has 2 aliphatic rings. The second-order valence-corrected chi connectivity index (χ2v) is 10.6. The molecule has 10 heteroatoms. The van der Waals surface area contributed by atoms with Crippen molar-refractivity contribution in [2.75, 3.05) is 5.32 Å². The number of benzene rings is 1. The molecule has 4 rings (SSSR count). The first-order valence-corrected chi connectivity index (χ1v) is 13.0. The Morgan fingerprint density at radius 3 is 2.39 bits per heavy atom. The lowest BCUT2D eigenvalue weighted by molar-refractivity contribution is 0.100. The average molecular weight is 471 g/mol. The van der Waals surface area contributed by atoms with Crippen LogP contribution in [0.25, 0.3) is 0 Å². The average Bonchev–Trinajstić information content (AvgIpc) is 3.23. The summed E-state index contributed by atoms with van der Waals surface area (Å²) in [4.78, 5) is 12.2. The van der Waals surface area contributed by atoms with E-state index in [2.05, 4.69) is 21.2 Å². The van der Waals surface area contributed by atoms with E-state index in [1.807, 2.05) is 0 Å². The summed E-state index contributed by atoms with van der Waals surface area (Å²) in [6.07, 6.45) is 10.2. The molecule has 2 atom stereocenters. The van der Waals surface area contributed by atoms with Gasteiger partial charge >= 0.3 is 0 Å². The predicted molar refractivity (Wildman–Crippen MR) is 124 cm³/mol. The van der Waals surface area contributed by atoms with Crippen LogP contribution in [0.15, 0.2) is 35.4 Å². The van der Waals surface area contributed by atoms with Gasteiger partial charge in [-0.05, 0) is 49.9 Å². The van der Waals surface area contributed by atoms with Gasteiger partial charge < -0.3 is 11.1 Å². The highest BCUT2D eigenvalue weighted by molar-refractivity contribution is 7.89. The maximum Gasteiger partial charge on any atom is 0.254 e. The second-order valence-electron chi connectivity index (χ2n) is 8.93. The lowest BCUT2D eigenvalue weighted by Crippen LogP contribution is -2.36. The van der Waals surface area contributed by atoms with Gasteiger partial charge in [-0.1, -0.05) is 32.1 Å². The zero-order valence-electron chi connectivity index (χ0n) is 18.5. The summed E-state index contributed by atoms with van der Waals surface area (Å²) >= 11 is 0. The highest BCUT2D eigenvalue weighted by Gasteiger charge is 2.29. The molecule has 0 aliphatic heterocycles. The van der Waals surface area contributed by atoms with Gasteiger partial charge in [0, 0.05) is 17.9 Å². The summed E-state index contributed by atoms with van der Waals surface area (Å²) in [5, 5.41) is 17.1. The van der Waals surface area contributed by atoms with E-state index >= 15 is 0 Å². The molecule has 2 aliphatic carbocycles. The molecule has 2 unspecified atom stereocenters. The molecule has 2 aromatic rings. The topological polar surface area (TPSA) is 143 Å². The summed E-state index contributed by atoms with van der Waals surface area (Å²) in [7, 11) is -3.59. The Morgan fingerprint density at radius 2 is 1.73 bits per heavy atom. The highest BCUT2D eigenvalue weighted by Crippen LogP contribution is 2.34. The SMILES string of the molecule is N#CC1CCCCC1n1cc(C(N)=O)c(Nc2ccc(S(=O)(=O)NC3CCCCC3)cc2)n1. The van der Waals surface area contributed by atoms with E-state index in [9.17, 15) is 18.5 Å². The van der Waals surface area contributed by atoms with Crippen molar-refractivity contribution in [3.63, 3.8) is 0 Å². The van der Waals surface area contributed by atoms with Crippen molar-refractivity contribution < 1.29 is 13.2 Å². The number of nitrogens with zero attached hydrogens (tertiary/aromatic N) is 3. The number of aromatic nitrogens is 2. The number of sulfonamides is 1. The Bertz CT molecular complexity index is 1130. The van der Waals surface area contributed by atoms with Gasteiger partial charge in [0.15, 0.2) is 5.82 Å². The van der Waals surface area contributed by atoms with Crippen LogP contribution in [0, 0.1) is 17.2 Å². The lowest BCUT2D eigenvalue weighted by atomic mass is 9.85. The van der Waals surface area contributed by atoms with Crippen LogP contribution in [0.1, 0.15) is 74.2 Å². The molecular formula is C23H30N6O3S.